The minimum absolute atomic E-state index is 0.0208. The van der Waals surface area contributed by atoms with Crippen LogP contribution in [0.1, 0.15) is 61.7 Å². The Kier molecular flexibility index (Phi) is 7.67. The van der Waals surface area contributed by atoms with Crippen molar-refractivity contribution in [1.29, 1.82) is 5.41 Å². The van der Waals surface area contributed by atoms with Crippen LogP contribution in [-0.4, -0.2) is 49.4 Å². The van der Waals surface area contributed by atoms with Crippen LogP contribution in [0.2, 0.25) is 0 Å². The number of halogens is 1. The van der Waals surface area contributed by atoms with Gasteiger partial charge in [0.05, 0.1) is 25.3 Å². The molecule has 2 aromatic carbocycles. The van der Waals surface area contributed by atoms with Crippen molar-refractivity contribution in [2.45, 2.75) is 46.6 Å². The first-order chi connectivity index (χ1) is 16.5. The van der Waals surface area contributed by atoms with Crippen LogP contribution in [0.25, 0.3) is 0 Å². The summed E-state index contributed by atoms with van der Waals surface area (Å²) in [7, 11) is 1.47. The molecule has 0 fully saturated rings. The van der Waals surface area contributed by atoms with Gasteiger partial charge in [-0.1, -0.05) is 20.8 Å². The zero-order chi connectivity index (χ0) is 25.9. The van der Waals surface area contributed by atoms with Crippen molar-refractivity contribution in [3.8, 4) is 17.2 Å². The maximum atomic E-state index is 15.3. The third-order valence-corrected chi connectivity index (χ3v) is 5.62. The normalized spacial score (nSPS) is 12.9. The van der Waals surface area contributed by atoms with Crippen LogP contribution >= 0.6 is 0 Å². The molecule has 0 radical (unpaired) electrons. The quantitative estimate of drug-likeness (QED) is 0.528. The lowest BCUT2D eigenvalue weighted by Crippen LogP contribution is -2.31. The van der Waals surface area contributed by atoms with Gasteiger partial charge in [0.15, 0.2) is 23.1 Å². The van der Waals surface area contributed by atoms with E-state index < -0.39 is 17.3 Å². The maximum Gasteiger partial charge on any atom is 0.412 e. The zero-order valence-corrected chi connectivity index (χ0v) is 21.0. The van der Waals surface area contributed by atoms with E-state index in [1.807, 2.05) is 20.8 Å². The maximum absolute atomic E-state index is 15.3. The molecule has 1 heterocycles. The first-order valence-electron chi connectivity index (χ1n) is 11.5. The van der Waals surface area contributed by atoms with E-state index >= 15 is 4.39 Å². The van der Waals surface area contributed by atoms with Crippen molar-refractivity contribution in [1.82, 2.24) is 10.2 Å². The molecule has 0 spiro atoms. The van der Waals surface area contributed by atoms with E-state index in [1.54, 1.807) is 38.1 Å². The fraction of sp³-hybridized carbons (Fsp3) is 0.423. The van der Waals surface area contributed by atoms with Gasteiger partial charge in [0, 0.05) is 24.7 Å². The number of benzene rings is 2. The molecule has 3 rings (SSSR count). The Morgan fingerprint density at radius 2 is 1.80 bits per heavy atom. The van der Waals surface area contributed by atoms with Crippen LogP contribution in [0.15, 0.2) is 24.3 Å². The number of fused-ring (bicyclic) bond motifs is 1. The lowest BCUT2D eigenvalue weighted by atomic mass is 9.85. The Bertz CT molecular complexity index is 1160. The first kappa shape index (κ1) is 26.0. The highest BCUT2D eigenvalue weighted by Gasteiger charge is 2.33. The van der Waals surface area contributed by atoms with E-state index in [0.717, 1.165) is 0 Å². The fourth-order valence-electron chi connectivity index (χ4n) is 3.95. The molecule has 0 saturated heterocycles. The summed E-state index contributed by atoms with van der Waals surface area (Å²) in [6.45, 7) is 10.1. The minimum Gasteiger partial charge on any atom is -0.490 e. The second kappa shape index (κ2) is 10.3. The average molecular weight is 486 g/mol. The Morgan fingerprint density at radius 3 is 2.40 bits per heavy atom. The van der Waals surface area contributed by atoms with Gasteiger partial charge in [-0.2, -0.15) is 0 Å². The lowest BCUT2D eigenvalue weighted by molar-refractivity contribution is 0.0962. The van der Waals surface area contributed by atoms with Crippen LogP contribution in [0.4, 0.5) is 9.18 Å². The molecule has 1 aliphatic heterocycles. The Labute approximate surface area is 204 Å². The summed E-state index contributed by atoms with van der Waals surface area (Å²) < 4.78 is 31.6. The van der Waals surface area contributed by atoms with E-state index in [1.165, 1.54) is 11.9 Å². The number of carbonyl (C=O) groups is 2. The second-order valence-corrected chi connectivity index (χ2v) is 9.15. The molecule has 35 heavy (non-hydrogen) atoms. The van der Waals surface area contributed by atoms with Gasteiger partial charge in [-0.05, 0) is 49.1 Å². The highest BCUT2D eigenvalue weighted by Crippen LogP contribution is 2.39. The monoisotopic (exact) mass is 485 g/mol. The number of nitrogens with zero attached hydrogens (tertiary/aromatic N) is 1. The molecule has 0 aliphatic carbocycles. The number of rotatable bonds is 8. The van der Waals surface area contributed by atoms with E-state index in [-0.39, 0.29) is 48.4 Å². The van der Waals surface area contributed by atoms with Gasteiger partial charge in [-0.25, -0.2) is 9.18 Å². The van der Waals surface area contributed by atoms with Crippen molar-refractivity contribution < 1.29 is 28.2 Å². The molecule has 1 aliphatic rings. The zero-order valence-electron chi connectivity index (χ0n) is 21.0. The number of amidine groups is 1. The largest absolute Gasteiger partial charge is 0.490 e. The van der Waals surface area contributed by atoms with Crippen LogP contribution in [0, 0.1) is 11.2 Å². The molecule has 0 aromatic heterocycles. The number of hydrogen-bond acceptors (Lipinski definition) is 6. The van der Waals surface area contributed by atoms with Gasteiger partial charge in [0.25, 0.3) is 0 Å². The number of nitrogens with one attached hydrogen (secondary N) is 2. The van der Waals surface area contributed by atoms with Gasteiger partial charge in [-0.3, -0.25) is 10.2 Å². The lowest BCUT2D eigenvalue weighted by Gasteiger charge is -2.23. The standard InChI is InChI=1S/C26H32FN3O5/c1-7-33-20-12-16-13-30(24(28)21(16)22(27)23(20)34-8-2)14-18(31)15-9-10-19(35-25(32)29-6)17(11-15)26(3,4)5/h9-12,28H,7-8,13-14H2,1-6H3,(H,29,32). The van der Waals surface area contributed by atoms with Crippen molar-refractivity contribution in [2.24, 2.45) is 0 Å². The second-order valence-electron chi connectivity index (χ2n) is 9.15. The molecule has 9 heteroatoms. The fourth-order valence-corrected chi connectivity index (χ4v) is 3.95. The van der Waals surface area contributed by atoms with E-state index in [2.05, 4.69) is 5.32 Å². The molecular weight excluding hydrogens is 453 g/mol. The summed E-state index contributed by atoms with van der Waals surface area (Å²) in [5.74, 6) is -0.344. The number of hydrogen-bond donors (Lipinski definition) is 2. The molecule has 2 N–H and O–H groups in total. The highest BCUT2D eigenvalue weighted by molar-refractivity contribution is 6.06. The summed E-state index contributed by atoms with van der Waals surface area (Å²) in [4.78, 5) is 26.4. The average Bonchev–Trinajstić information content (AvgIpc) is 3.10. The Hall–Kier alpha value is -3.62. The SMILES string of the molecule is CCOc1cc2c(c(F)c1OCC)C(=N)N(CC(=O)c1ccc(OC(=O)NC)c(C(C)(C)C)c1)C2. The Morgan fingerprint density at radius 1 is 1.11 bits per heavy atom. The van der Waals surface area contributed by atoms with Gasteiger partial charge >= 0.3 is 6.09 Å². The molecule has 0 unspecified atom stereocenters. The molecule has 1 amide bonds. The molecule has 8 nitrogen and oxygen atoms in total. The number of amides is 1. The number of Topliss-reactive ketones (excluding diaryl/α,β-unsaturated/α-hetero) is 1. The predicted octanol–water partition coefficient (Wildman–Crippen LogP) is 4.66. The van der Waals surface area contributed by atoms with Crippen molar-refractivity contribution in [2.75, 3.05) is 26.8 Å². The molecule has 0 atom stereocenters. The summed E-state index contributed by atoms with van der Waals surface area (Å²) in [5, 5.41) is 10.9. The van der Waals surface area contributed by atoms with Crippen molar-refractivity contribution >= 4 is 17.7 Å². The summed E-state index contributed by atoms with van der Waals surface area (Å²) in [6, 6.07) is 6.56. The summed E-state index contributed by atoms with van der Waals surface area (Å²) >= 11 is 0. The topological polar surface area (TPSA) is 101 Å². The van der Waals surface area contributed by atoms with Crippen LogP contribution in [0.3, 0.4) is 0 Å². The van der Waals surface area contributed by atoms with E-state index in [9.17, 15) is 9.59 Å². The number of ether oxygens (including phenoxy) is 3. The number of ketones is 1. The number of carbonyl (C=O) groups excluding carboxylic acids is 2. The van der Waals surface area contributed by atoms with E-state index in [4.69, 9.17) is 19.6 Å². The molecule has 2 aromatic rings. The minimum atomic E-state index is -0.654. The van der Waals surface area contributed by atoms with Crippen LogP contribution < -0.4 is 19.5 Å². The molecule has 0 bridgehead atoms. The van der Waals surface area contributed by atoms with Crippen LogP contribution in [0.5, 0.6) is 17.2 Å². The van der Waals surface area contributed by atoms with Gasteiger partial charge < -0.3 is 24.4 Å². The summed E-state index contributed by atoms with van der Waals surface area (Å²) in [5.41, 5.74) is 1.39. The highest BCUT2D eigenvalue weighted by atomic mass is 19.1. The van der Waals surface area contributed by atoms with Crippen LogP contribution in [-0.2, 0) is 12.0 Å². The van der Waals surface area contributed by atoms with Gasteiger partial charge in [-0.15, -0.1) is 0 Å². The first-order valence-corrected chi connectivity index (χ1v) is 11.5. The molecule has 188 valence electrons. The predicted molar refractivity (Wildman–Crippen MR) is 131 cm³/mol. The smallest absolute Gasteiger partial charge is 0.412 e. The van der Waals surface area contributed by atoms with Crippen molar-refractivity contribution in [3.63, 3.8) is 0 Å². The Balaban J connectivity index is 1.88. The molecular formula is C26H32FN3O5. The molecule has 0 saturated carbocycles. The van der Waals surface area contributed by atoms with Gasteiger partial charge in [0.2, 0.25) is 0 Å². The third-order valence-electron chi connectivity index (χ3n) is 5.62. The van der Waals surface area contributed by atoms with Crippen molar-refractivity contribution in [3.05, 3.63) is 52.3 Å². The summed E-state index contributed by atoms with van der Waals surface area (Å²) in [6.07, 6.45) is -0.599. The third kappa shape index (κ3) is 5.39. The van der Waals surface area contributed by atoms with Gasteiger partial charge in [0.1, 0.15) is 11.6 Å². The van der Waals surface area contributed by atoms with E-state index in [0.29, 0.717) is 29.0 Å².